The average Bonchev–Trinajstić information content (AvgIpc) is 2.19. The summed E-state index contributed by atoms with van der Waals surface area (Å²) in [6.07, 6.45) is 4.67. The van der Waals surface area contributed by atoms with Gasteiger partial charge in [0.25, 0.3) is 0 Å². The molecule has 0 heterocycles. The van der Waals surface area contributed by atoms with Gasteiger partial charge in [-0.15, -0.1) is 0 Å². The molecule has 0 saturated carbocycles. The van der Waals surface area contributed by atoms with Crippen LogP contribution < -0.4 is 0 Å². The van der Waals surface area contributed by atoms with Crippen LogP contribution in [0.5, 0.6) is 0 Å². The molecule has 0 aromatic heterocycles. The summed E-state index contributed by atoms with van der Waals surface area (Å²) < 4.78 is 20.6. The number of aliphatic imine (C=N–C) groups is 2. The molecular weight excluding hydrogens is 204 g/mol. The number of nitrogens with zero attached hydrogens (tertiary/aromatic N) is 2. The van der Waals surface area contributed by atoms with Crippen LogP contribution in [0.25, 0.3) is 0 Å². The molecule has 0 amide bonds. The molecule has 0 aliphatic carbocycles. The highest BCUT2D eigenvalue weighted by Crippen LogP contribution is 1.91. The van der Waals surface area contributed by atoms with Gasteiger partial charge in [-0.1, -0.05) is 0 Å². The molecule has 0 bridgehead atoms. The Bertz CT molecular complexity index is 187. The van der Waals surface area contributed by atoms with E-state index >= 15 is 0 Å². The third-order valence-corrected chi connectivity index (χ3v) is 1.94. The molecule has 0 N–H and O–H groups in total. The number of rotatable bonds is 8. The molecule has 0 saturated heterocycles. The summed E-state index contributed by atoms with van der Waals surface area (Å²) in [5.74, 6) is 0. The van der Waals surface area contributed by atoms with Crippen molar-refractivity contribution in [3.63, 3.8) is 0 Å². The molecule has 0 aliphatic heterocycles. The van der Waals surface area contributed by atoms with Crippen LogP contribution in [0.4, 0.5) is 0 Å². The first-order valence-corrected chi connectivity index (χ1v) is 5.30. The summed E-state index contributed by atoms with van der Waals surface area (Å²) in [5, 5.41) is 0. The molecular formula is C8H16N2O3S. The van der Waals surface area contributed by atoms with Crippen molar-refractivity contribution in [2.24, 2.45) is 9.98 Å². The first-order chi connectivity index (χ1) is 6.81. The fraction of sp³-hybridized carbons (Fsp3) is 0.750. The van der Waals surface area contributed by atoms with E-state index in [1.165, 1.54) is 0 Å². The van der Waals surface area contributed by atoms with Gasteiger partial charge in [-0.25, -0.2) is 0 Å². The van der Waals surface area contributed by atoms with Gasteiger partial charge < -0.3 is 9.98 Å². The lowest BCUT2D eigenvalue weighted by Crippen LogP contribution is -2.05. The molecule has 0 fully saturated rings. The van der Waals surface area contributed by atoms with Gasteiger partial charge in [-0.3, -0.25) is 8.37 Å². The minimum Gasteiger partial charge on any atom is -0.301 e. The molecule has 14 heavy (non-hydrogen) atoms. The third-order valence-electron chi connectivity index (χ3n) is 1.22. The highest BCUT2D eigenvalue weighted by molar-refractivity contribution is 7.75. The van der Waals surface area contributed by atoms with Crippen LogP contribution in [0.15, 0.2) is 9.98 Å². The van der Waals surface area contributed by atoms with Gasteiger partial charge in [0.15, 0.2) is 0 Å². The summed E-state index contributed by atoms with van der Waals surface area (Å²) in [6.45, 7) is 0.706. The summed E-state index contributed by atoms with van der Waals surface area (Å²) in [7, 11) is 3.36. The topological polar surface area (TPSA) is 60.2 Å². The molecule has 0 aromatic rings. The Balaban J connectivity index is 3.28. The van der Waals surface area contributed by atoms with E-state index in [1.807, 2.05) is 0 Å². The minimum absolute atomic E-state index is 0.353. The predicted octanol–water partition coefficient (Wildman–Crippen LogP) is 0.780. The first-order valence-electron chi connectivity index (χ1n) is 4.30. The molecule has 0 unspecified atom stereocenters. The third kappa shape index (κ3) is 9.50. The lowest BCUT2D eigenvalue weighted by atomic mass is 10.5. The van der Waals surface area contributed by atoms with Crippen molar-refractivity contribution in [1.82, 2.24) is 0 Å². The van der Waals surface area contributed by atoms with E-state index in [4.69, 9.17) is 8.37 Å². The van der Waals surface area contributed by atoms with Gasteiger partial charge in [0.1, 0.15) is 0 Å². The second kappa shape index (κ2) is 10.5. The van der Waals surface area contributed by atoms with Gasteiger partial charge in [0.2, 0.25) is 0 Å². The maximum absolute atomic E-state index is 10.9. The normalized spacial score (nSPS) is 14.1. The molecule has 0 aliphatic rings. The second-order valence-corrected chi connectivity index (χ2v) is 3.19. The fourth-order valence-corrected chi connectivity index (χ4v) is 1.16. The Hall–Kier alpha value is -0.590. The van der Waals surface area contributed by atoms with Crippen LogP contribution in [-0.2, 0) is 19.7 Å². The monoisotopic (exact) mass is 220 g/mol. The Labute approximate surface area is 87.1 Å². The molecule has 0 spiro atoms. The van der Waals surface area contributed by atoms with Crippen molar-refractivity contribution in [1.29, 1.82) is 0 Å². The van der Waals surface area contributed by atoms with Crippen molar-refractivity contribution in [3.8, 4) is 0 Å². The second-order valence-electron chi connectivity index (χ2n) is 2.31. The zero-order valence-electron chi connectivity index (χ0n) is 8.51. The zero-order valence-corrected chi connectivity index (χ0v) is 9.33. The van der Waals surface area contributed by atoms with Crippen LogP contribution >= 0.6 is 0 Å². The molecule has 82 valence electrons. The van der Waals surface area contributed by atoms with Crippen molar-refractivity contribution in [3.05, 3.63) is 0 Å². The quantitative estimate of drug-likeness (QED) is 0.448. The Morgan fingerprint density at radius 3 is 1.86 bits per heavy atom. The van der Waals surface area contributed by atoms with Crippen LogP contribution in [0.1, 0.15) is 12.8 Å². The van der Waals surface area contributed by atoms with Crippen LogP contribution in [-0.4, -0.2) is 43.9 Å². The summed E-state index contributed by atoms with van der Waals surface area (Å²) in [5.41, 5.74) is 0. The summed E-state index contributed by atoms with van der Waals surface area (Å²) in [6, 6.07) is 0. The van der Waals surface area contributed by atoms with Gasteiger partial charge in [-0.05, 0) is 0 Å². The van der Waals surface area contributed by atoms with Gasteiger partial charge in [0, 0.05) is 39.4 Å². The van der Waals surface area contributed by atoms with E-state index in [0.717, 1.165) is 0 Å². The Kier molecular flexibility index (Phi) is 10.0. The van der Waals surface area contributed by atoms with Crippen LogP contribution in [0.2, 0.25) is 0 Å². The standard InChI is InChI=1S/C8H16N2O3S/c1-9-5-3-7-12-14(11)13-8-4-6-10-2/h5-6H,3-4,7-8H2,1-2H3. The highest BCUT2D eigenvalue weighted by atomic mass is 32.2. The predicted molar refractivity (Wildman–Crippen MR) is 58.1 cm³/mol. The fourth-order valence-electron chi connectivity index (χ4n) is 0.630. The number of hydrogen-bond donors (Lipinski definition) is 0. The van der Waals surface area contributed by atoms with Gasteiger partial charge >= 0.3 is 11.4 Å². The maximum Gasteiger partial charge on any atom is 0.304 e. The van der Waals surface area contributed by atoms with Crippen molar-refractivity contribution in [2.75, 3.05) is 27.3 Å². The van der Waals surface area contributed by atoms with Gasteiger partial charge in [0.05, 0.1) is 13.2 Å². The zero-order chi connectivity index (χ0) is 10.6. The molecule has 0 atom stereocenters. The molecule has 0 aromatic carbocycles. The molecule has 6 heteroatoms. The van der Waals surface area contributed by atoms with Crippen LogP contribution in [0, 0.1) is 0 Å². The first kappa shape index (κ1) is 13.4. The van der Waals surface area contributed by atoms with Crippen molar-refractivity contribution in [2.45, 2.75) is 12.8 Å². The van der Waals surface area contributed by atoms with E-state index < -0.39 is 11.4 Å². The van der Waals surface area contributed by atoms with Crippen LogP contribution in [0.3, 0.4) is 0 Å². The SMILES string of the molecule is CN=CCCOS(=O)OCCC=NC. The van der Waals surface area contributed by atoms with E-state index in [-0.39, 0.29) is 0 Å². The molecule has 0 rings (SSSR count). The highest BCUT2D eigenvalue weighted by Gasteiger charge is 1.98. The van der Waals surface area contributed by atoms with Gasteiger partial charge in [-0.2, -0.15) is 4.21 Å². The summed E-state index contributed by atoms with van der Waals surface area (Å²) >= 11 is -1.65. The smallest absolute Gasteiger partial charge is 0.301 e. The maximum atomic E-state index is 10.9. The van der Waals surface area contributed by atoms with E-state index in [1.54, 1.807) is 26.5 Å². The summed E-state index contributed by atoms with van der Waals surface area (Å²) in [4.78, 5) is 7.51. The lowest BCUT2D eigenvalue weighted by Gasteiger charge is -2.00. The Morgan fingerprint density at radius 2 is 1.50 bits per heavy atom. The number of hydrogen-bond acceptors (Lipinski definition) is 5. The van der Waals surface area contributed by atoms with Crippen molar-refractivity contribution >= 4 is 23.8 Å². The van der Waals surface area contributed by atoms with Crippen molar-refractivity contribution < 1.29 is 12.6 Å². The largest absolute Gasteiger partial charge is 0.304 e. The molecule has 0 radical (unpaired) electrons. The lowest BCUT2D eigenvalue weighted by molar-refractivity contribution is 0.260. The minimum atomic E-state index is -1.65. The Morgan fingerprint density at radius 1 is 1.07 bits per heavy atom. The van der Waals surface area contributed by atoms with E-state index in [0.29, 0.717) is 26.1 Å². The van der Waals surface area contributed by atoms with E-state index in [2.05, 4.69) is 9.98 Å². The molecule has 5 nitrogen and oxygen atoms in total. The van der Waals surface area contributed by atoms with E-state index in [9.17, 15) is 4.21 Å². The average molecular weight is 220 g/mol.